The zero-order valence-corrected chi connectivity index (χ0v) is 16.0. The molecule has 0 saturated carbocycles. The Morgan fingerprint density at radius 2 is 1.85 bits per heavy atom. The minimum absolute atomic E-state index is 0.162. The van der Waals surface area contributed by atoms with Crippen molar-refractivity contribution in [2.75, 3.05) is 13.7 Å². The second-order valence-corrected chi connectivity index (χ2v) is 6.49. The molecule has 0 spiro atoms. The predicted molar refractivity (Wildman–Crippen MR) is 101 cm³/mol. The first kappa shape index (κ1) is 19.8. The molecule has 0 aliphatic carbocycles. The van der Waals surface area contributed by atoms with Crippen LogP contribution in [0.2, 0.25) is 5.02 Å². The monoisotopic (exact) mass is 375 g/mol. The lowest BCUT2D eigenvalue weighted by atomic mass is 10.0. The molecule has 5 nitrogen and oxygen atoms in total. The summed E-state index contributed by atoms with van der Waals surface area (Å²) in [4.78, 5) is 24.0. The minimum atomic E-state index is -0.555. The fraction of sp³-hybridized carbons (Fsp3) is 0.300. The molecule has 0 bridgehead atoms. The Kier molecular flexibility index (Phi) is 6.64. The number of aryl methyl sites for hydroxylation is 2. The summed E-state index contributed by atoms with van der Waals surface area (Å²) in [5.74, 6) is -0.648. The van der Waals surface area contributed by atoms with E-state index in [9.17, 15) is 9.59 Å². The molecule has 1 unspecified atom stereocenters. The van der Waals surface area contributed by atoms with E-state index in [2.05, 4.69) is 5.32 Å². The van der Waals surface area contributed by atoms with Crippen LogP contribution in [0.3, 0.4) is 0 Å². The van der Waals surface area contributed by atoms with E-state index >= 15 is 0 Å². The third kappa shape index (κ3) is 4.99. The SMILES string of the molecule is COC(=O)c1ccc(Cl)cc1OCC(=O)NC(C)c1ccc(C)c(C)c1. The number of hydrogen-bond acceptors (Lipinski definition) is 4. The van der Waals surface area contributed by atoms with Crippen LogP contribution < -0.4 is 10.1 Å². The van der Waals surface area contributed by atoms with Crippen molar-refractivity contribution < 1.29 is 19.1 Å². The maximum atomic E-state index is 12.2. The summed E-state index contributed by atoms with van der Waals surface area (Å²) < 4.78 is 10.2. The van der Waals surface area contributed by atoms with Gasteiger partial charge in [-0.3, -0.25) is 4.79 Å². The number of nitrogens with one attached hydrogen (secondary N) is 1. The van der Waals surface area contributed by atoms with Crippen molar-refractivity contribution in [3.63, 3.8) is 0 Å². The van der Waals surface area contributed by atoms with Crippen LogP contribution in [0.25, 0.3) is 0 Å². The summed E-state index contributed by atoms with van der Waals surface area (Å²) >= 11 is 5.94. The van der Waals surface area contributed by atoms with E-state index in [-0.39, 0.29) is 29.9 Å². The van der Waals surface area contributed by atoms with Gasteiger partial charge in [-0.1, -0.05) is 29.8 Å². The molecular weight excluding hydrogens is 354 g/mol. The highest BCUT2D eigenvalue weighted by atomic mass is 35.5. The van der Waals surface area contributed by atoms with E-state index in [1.54, 1.807) is 6.07 Å². The largest absolute Gasteiger partial charge is 0.483 e. The first-order valence-electron chi connectivity index (χ1n) is 8.19. The van der Waals surface area contributed by atoms with Gasteiger partial charge in [-0.15, -0.1) is 0 Å². The molecule has 0 fully saturated rings. The lowest BCUT2D eigenvalue weighted by molar-refractivity contribution is -0.123. The Morgan fingerprint density at radius 1 is 1.12 bits per heavy atom. The lowest BCUT2D eigenvalue weighted by Crippen LogP contribution is -2.31. The summed E-state index contributed by atoms with van der Waals surface area (Å²) in [6.07, 6.45) is 0. The van der Waals surface area contributed by atoms with Crippen LogP contribution in [0.1, 0.15) is 40.0 Å². The Bertz CT molecular complexity index is 819. The summed E-state index contributed by atoms with van der Waals surface area (Å²) in [5, 5.41) is 3.28. The molecule has 26 heavy (non-hydrogen) atoms. The number of carbonyl (C=O) groups excluding carboxylic acids is 2. The molecule has 2 aromatic carbocycles. The highest BCUT2D eigenvalue weighted by molar-refractivity contribution is 6.30. The second-order valence-electron chi connectivity index (χ2n) is 6.05. The van der Waals surface area contributed by atoms with E-state index in [4.69, 9.17) is 21.1 Å². The standard InChI is InChI=1S/C20H22ClNO4/c1-12-5-6-15(9-13(12)2)14(3)22-19(23)11-26-18-10-16(21)7-8-17(18)20(24)25-4/h5-10,14H,11H2,1-4H3,(H,22,23). The zero-order chi connectivity index (χ0) is 19.3. The van der Waals surface area contributed by atoms with Crippen LogP contribution in [-0.2, 0) is 9.53 Å². The first-order chi connectivity index (χ1) is 12.3. The number of methoxy groups -OCH3 is 1. The summed E-state index contributed by atoms with van der Waals surface area (Å²) in [5.41, 5.74) is 3.60. The maximum Gasteiger partial charge on any atom is 0.341 e. The number of amides is 1. The summed E-state index contributed by atoms with van der Waals surface area (Å²) in [6.45, 7) is 5.74. The molecule has 6 heteroatoms. The second kappa shape index (κ2) is 8.72. The third-order valence-electron chi connectivity index (χ3n) is 4.12. The topological polar surface area (TPSA) is 64.6 Å². The Morgan fingerprint density at radius 3 is 2.50 bits per heavy atom. The van der Waals surface area contributed by atoms with Gasteiger partial charge in [-0.25, -0.2) is 4.79 Å². The molecule has 0 aliphatic rings. The molecule has 2 rings (SSSR count). The van der Waals surface area contributed by atoms with Crippen molar-refractivity contribution in [1.29, 1.82) is 0 Å². The quantitative estimate of drug-likeness (QED) is 0.775. The molecule has 1 N–H and O–H groups in total. The van der Waals surface area contributed by atoms with Gasteiger partial charge in [0.2, 0.25) is 0 Å². The lowest BCUT2D eigenvalue weighted by Gasteiger charge is -2.16. The van der Waals surface area contributed by atoms with Crippen molar-refractivity contribution in [2.45, 2.75) is 26.8 Å². The zero-order valence-electron chi connectivity index (χ0n) is 15.3. The average Bonchev–Trinajstić information content (AvgIpc) is 2.61. The van der Waals surface area contributed by atoms with Gasteiger partial charge in [-0.05, 0) is 55.7 Å². The van der Waals surface area contributed by atoms with Gasteiger partial charge >= 0.3 is 5.97 Å². The molecule has 0 aliphatic heterocycles. The summed E-state index contributed by atoms with van der Waals surface area (Å²) in [7, 11) is 1.28. The van der Waals surface area contributed by atoms with Crippen LogP contribution >= 0.6 is 11.6 Å². The fourth-order valence-corrected chi connectivity index (χ4v) is 2.60. The maximum absolute atomic E-state index is 12.2. The van der Waals surface area contributed by atoms with Gasteiger partial charge in [0.05, 0.1) is 13.2 Å². The molecule has 1 atom stereocenters. The Balaban J connectivity index is 2.01. The van der Waals surface area contributed by atoms with Crippen LogP contribution in [0.4, 0.5) is 0 Å². The van der Waals surface area contributed by atoms with E-state index in [1.165, 1.54) is 30.4 Å². The number of carbonyl (C=O) groups is 2. The number of esters is 1. The van der Waals surface area contributed by atoms with Gasteiger partial charge < -0.3 is 14.8 Å². The van der Waals surface area contributed by atoms with Gasteiger partial charge in [0.25, 0.3) is 5.91 Å². The van der Waals surface area contributed by atoms with E-state index in [1.807, 2.05) is 39.0 Å². The molecule has 0 aromatic heterocycles. The average molecular weight is 376 g/mol. The van der Waals surface area contributed by atoms with Gasteiger partial charge in [0.15, 0.2) is 6.61 Å². The molecule has 1 amide bonds. The highest BCUT2D eigenvalue weighted by Crippen LogP contribution is 2.24. The van der Waals surface area contributed by atoms with Crippen LogP contribution in [0, 0.1) is 13.8 Å². The van der Waals surface area contributed by atoms with Crippen LogP contribution in [0.5, 0.6) is 5.75 Å². The molecule has 138 valence electrons. The first-order valence-corrected chi connectivity index (χ1v) is 8.56. The normalized spacial score (nSPS) is 11.6. The minimum Gasteiger partial charge on any atom is -0.483 e. The molecule has 0 radical (unpaired) electrons. The molecule has 0 saturated heterocycles. The Labute approximate surface area is 158 Å². The van der Waals surface area contributed by atoms with Crippen LogP contribution in [0.15, 0.2) is 36.4 Å². The van der Waals surface area contributed by atoms with Crippen molar-refractivity contribution in [3.8, 4) is 5.75 Å². The van der Waals surface area contributed by atoms with Crippen molar-refractivity contribution in [3.05, 3.63) is 63.7 Å². The third-order valence-corrected chi connectivity index (χ3v) is 4.35. The number of ether oxygens (including phenoxy) is 2. The van der Waals surface area contributed by atoms with Gasteiger partial charge in [0.1, 0.15) is 11.3 Å². The summed E-state index contributed by atoms with van der Waals surface area (Å²) in [6, 6.07) is 10.4. The Hall–Kier alpha value is -2.53. The van der Waals surface area contributed by atoms with Gasteiger partial charge in [0, 0.05) is 5.02 Å². The number of rotatable bonds is 6. The van der Waals surface area contributed by atoms with Crippen molar-refractivity contribution >= 4 is 23.5 Å². The van der Waals surface area contributed by atoms with E-state index < -0.39 is 5.97 Å². The fourth-order valence-electron chi connectivity index (χ4n) is 2.44. The number of hydrogen-bond donors (Lipinski definition) is 1. The molecule has 0 heterocycles. The van der Waals surface area contributed by atoms with E-state index in [0.29, 0.717) is 5.02 Å². The van der Waals surface area contributed by atoms with Crippen molar-refractivity contribution in [1.82, 2.24) is 5.32 Å². The predicted octanol–water partition coefficient (Wildman–Crippen LogP) is 4.00. The smallest absolute Gasteiger partial charge is 0.341 e. The molecule has 2 aromatic rings. The molecular formula is C20H22ClNO4. The number of benzene rings is 2. The van der Waals surface area contributed by atoms with E-state index in [0.717, 1.165) is 5.56 Å². The number of halogens is 1. The van der Waals surface area contributed by atoms with Crippen molar-refractivity contribution in [2.24, 2.45) is 0 Å². The van der Waals surface area contributed by atoms with Gasteiger partial charge in [-0.2, -0.15) is 0 Å². The van der Waals surface area contributed by atoms with Crippen LogP contribution in [-0.4, -0.2) is 25.6 Å². The highest BCUT2D eigenvalue weighted by Gasteiger charge is 2.16.